The van der Waals surface area contributed by atoms with E-state index in [0.29, 0.717) is 37.2 Å². The summed E-state index contributed by atoms with van der Waals surface area (Å²) < 4.78 is 24.3. The summed E-state index contributed by atoms with van der Waals surface area (Å²) in [4.78, 5) is 11.3. The van der Waals surface area contributed by atoms with Crippen molar-refractivity contribution in [2.45, 2.75) is 32.0 Å². The van der Waals surface area contributed by atoms with Crippen molar-refractivity contribution in [3.63, 3.8) is 0 Å². The molecule has 0 saturated heterocycles. The van der Waals surface area contributed by atoms with E-state index in [-0.39, 0.29) is 18.2 Å². The Bertz CT molecular complexity index is 672. The van der Waals surface area contributed by atoms with Crippen molar-refractivity contribution in [1.29, 1.82) is 0 Å². The number of ether oxygens (including phenoxy) is 2. The molecule has 2 aromatic rings. The highest BCUT2D eigenvalue weighted by Gasteiger charge is 2.18. The summed E-state index contributed by atoms with van der Waals surface area (Å²) in [5.74, 6) is -0.858. The molecule has 5 nitrogen and oxygen atoms in total. The van der Waals surface area contributed by atoms with Gasteiger partial charge in [-0.25, -0.2) is 9.18 Å². The van der Waals surface area contributed by atoms with E-state index in [1.807, 2.05) is 0 Å². The average molecular weight is 348 g/mol. The van der Waals surface area contributed by atoms with E-state index in [1.54, 1.807) is 18.2 Å². The molecule has 2 N–H and O–H groups in total. The Labute approximate surface area is 145 Å². The summed E-state index contributed by atoms with van der Waals surface area (Å²) in [5.41, 5.74) is 0.501. The predicted molar refractivity (Wildman–Crippen MR) is 90.1 cm³/mol. The maximum Gasteiger partial charge on any atom is 0.344 e. The van der Waals surface area contributed by atoms with Crippen LogP contribution in [0.15, 0.2) is 48.5 Å². The molecular formula is C19H21FO5. The molecule has 0 aliphatic heterocycles. The van der Waals surface area contributed by atoms with Crippen LogP contribution in [-0.4, -0.2) is 28.9 Å². The first kappa shape index (κ1) is 18.7. The monoisotopic (exact) mass is 348 g/mol. The number of carboxylic acid groups (broad SMARTS) is 1. The first-order valence-electron chi connectivity index (χ1n) is 8.06. The molecular weight excluding hydrogens is 327 g/mol. The third kappa shape index (κ3) is 6.43. The first-order chi connectivity index (χ1) is 12.1. The molecule has 0 spiro atoms. The number of phenolic OH excluding ortho intramolecular Hbond substituents is 1. The van der Waals surface area contributed by atoms with Crippen LogP contribution < -0.4 is 4.74 Å². The van der Waals surface area contributed by atoms with Crippen LogP contribution in [0, 0.1) is 5.82 Å². The zero-order valence-corrected chi connectivity index (χ0v) is 13.7. The minimum atomic E-state index is -1.04. The summed E-state index contributed by atoms with van der Waals surface area (Å²) in [7, 11) is 0. The van der Waals surface area contributed by atoms with E-state index in [1.165, 1.54) is 30.3 Å². The normalized spacial score (nSPS) is 11.9. The Hall–Kier alpha value is -2.60. The van der Waals surface area contributed by atoms with Gasteiger partial charge in [-0.2, -0.15) is 0 Å². The second kappa shape index (κ2) is 9.64. The largest absolute Gasteiger partial charge is 0.508 e. The minimum absolute atomic E-state index is 0.0891. The van der Waals surface area contributed by atoms with Gasteiger partial charge >= 0.3 is 5.97 Å². The molecule has 0 heterocycles. The fraction of sp³-hybridized carbons (Fsp3) is 0.316. The molecule has 134 valence electrons. The van der Waals surface area contributed by atoms with Crippen molar-refractivity contribution in [3.05, 3.63) is 59.9 Å². The lowest BCUT2D eigenvalue weighted by Crippen LogP contribution is -2.27. The van der Waals surface area contributed by atoms with Crippen LogP contribution in [0.25, 0.3) is 0 Å². The smallest absolute Gasteiger partial charge is 0.344 e. The van der Waals surface area contributed by atoms with Crippen LogP contribution >= 0.6 is 0 Å². The maximum absolute atomic E-state index is 13.4. The molecule has 0 aliphatic rings. The molecule has 1 unspecified atom stereocenters. The lowest BCUT2D eigenvalue weighted by Gasteiger charge is -2.15. The van der Waals surface area contributed by atoms with Gasteiger partial charge in [-0.1, -0.05) is 18.2 Å². The molecule has 0 aromatic heterocycles. The van der Waals surface area contributed by atoms with Crippen LogP contribution in [0.4, 0.5) is 4.39 Å². The van der Waals surface area contributed by atoms with Gasteiger partial charge in [0.1, 0.15) is 17.3 Å². The average Bonchev–Trinajstić information content (AvgIpc) is 2.60. The fourth-order valence-electron chi connectivity index (χ4n) is 2.25. The van der Waals surface area contributed by atoms with Gasteiger partial charge in [0.05, 0.1) is 6.61 Å². The lowest BCUT2D eigenvalue weighted by molar-refractivity contribution is -0.145. The molecule has 25 heavy (non-hydrogen) atoms. The van der Waals surface area contributed by atoms with Gasteiger partial charge < -0.3 is 19.7 Å². The van der Waals surface area contributed by atoms with Gasteiger partial charge in [0.2, 0.25) is 0 Å². The van der Waals surface area contributed by atoms with Crippen molar-refractivity contribution in [3.8, 4) is 11.5 Å². The number of phenols is 1. The summed E-state index contributed by atoms with van der Waals surface area (Å²) in [5, 5.41) is 18.4. The molecule has 0 fully saturated rings. The number of carbonyl (C=O) groups is 1. The van der Waals surface area contributed by atoms with Crippen LogP contribution in [0.5, 0.6) is 11.5 Å². The summed E-state index contributed by atoms with van der Waals surface area (Å²) in [6, 6.07) is 12.3. The third-order valence-corrected chi connectivity index (χ3v) is 3.61. The molecule has 0 radical (unpaired) electrons. The second-order valence-electron chi connectivity index (χ2n) is 5.58. The van der Waals surface area contributed by atoms with Gasteiger partial charge in [0.15, 0.2) is 6.10 Å². The Morgan fingerprint density at radius 1 is 1.08 bits per heavy atom. The van der Waals surface area contributed by atoms with Gasteiger partial charge in [0.25, 0.3) is 0 Å². The predicted octanol–water partition coefficient (Wildman–Crippen LogP) is 3.75. The zero-order chi connectivity index (χ0) is 18.1. The number of halogens is 1. The molecule has 1 atom stereocenters. The highest BCUT2D eigenvalue weighted by Crippen LogP contribution is 2.19. The number of unbranched alkanes of at least 4 members (excludes halogenated alkanes) is 1. The topological polar surface area (TPSA) is 76.0 Å². The summed E-state index contributed by atoms with van der Waals surface area (Å²) >= 11 is 0. The number of carboxylic acids is 1. The number of aromatic hydroxyl groups is 1. The standard InChI is InChI=1S/C19H21FO5/c20-17-6-2-1-5-14(17)13-24-12-4-3-7-18(19(22)23)25-16-10-8-15(21)9-11-16/h1-2,5-6,8-11,18,21H,3-4,7,12-13H2,(H,22,23). The van der Waals surface area contributed by atoms with Crippen LogP contribution in [0.3, 0.4) is 0 Å². The third-order valence-electron chi connectivity index (χ3n) is 3.61. The van der Waals surface area contributed by atoms with Crippen molar-refractivity contribution in [2.24, 2.45) is 0 Å². The number of hydrogen-bond donors (Lipinski definition) is 2. The highest BCUT2D eigenvalue weighted by molar-refractivity contribution is 5.72. The molecule has 2 rings (SSSR count). The van der Waals surface area contributed by atoms with Gasteiger partial charge in [-0.3, -0.25) is 0 Å². The SMILES string of the molecule is O=C(O)C(CCCCOCc1ccccc1F)Oc1ccc(O)cc1. The number of rotatable bonds is 10. The van der Waals surface area contributed by atoms with E-state index in [9.17, 15) is 19.4 Å². The second-order valence-corrected chi connectivity index (χ2v) is 5.58. The Morgan fingerprint density at radius 3 is 2.48 bits per heavy atom. The van der Waals surface area contributed by atoms with Crippen LogP contribution in [-0.2, 0) is 16.1 Å². The molecule has 6 heteroatoms. The number of hydrogen-bond acceptors (Lipinski definition) is 4. The molecule has 0 aliphatic carbocycles. The lowest BCUT2D eigenvalue weighted by atomic mass is 10.1. The van der Waals surface area contributed by atoms with Crippen LogP contribution in [0.2, 0.25) is 0 Å². The Balaban J connectivity index is 1.68. The molecule has 0 amide bonds. The highest BCUT2D eigenvalue weighted by atomic mass is 19.1. The Morgan fingerprint density at radius 2 is 1.80 bits per heavy atom. The van der Waals surface area contributed by atoms with Crippen molar-refractivity contribution < 1.29 is 28.9 Å². The summed E-state index contributed by atoms with van der Waals surface area (Å²) in [6.07, 6.45) is 0.624. The van der Waals surface area contributed by atoms with E-state index < -0.39 is 12.1 Å². The first-order valence-corrected chi connectivity index (χ1v) is 8.06. The number of benzene rings is 2. The van der Waals surface area contributed by atoms with E-state index in [0.717, 1.165) is 0 Å². The molecule has 2 aromatic carbocycles. The van der Waals surface area contributed by atoms with E-state index >= 15 is 0 Å². The van der Waals surface area contributed by atoms with Crippen molar-refractivity contribution >= 4 is 5.97 Å². The van der Waals surface area contributed by atoms with Gasteiger partial charge in [0, 0.05) is 12.2 Å². The Kier molecular flexibility index (Phi) is 7.22. The molecule has 0 bridgehead atoms. The maximum atomic E-state index is 13.4. The van der Waals surface area contributed by atoms with Gasteiger partial charge in [-0.15, -0.1) is 0 Å². The number of aliphatic carboxylic acids is 1. The van der Waals surface area contributed by atoms with E-state index in [4.69, 9.17) is 9.47 Å². The van der Waals surface area contributed by atoms with Crippen molar-refractivity contribution in [2.75, 3.05) is 6.61 Å². The van der Waals surface area contributed by atoms with Gasteiger partial charge in [-0.05, 0) is 49.6 Å². The van der Waals surface area contributed by atoms with Crippen LogP contribution in [0.1, 0.15) is 24.8 Å². The van der Waals surface area contributed by atoms with E-state index in [2.05, 4.69) is 0 Å². The minimum Gasteiger partial charge on any atom is -0.508 e. The fourth-order valence-corrected chi connectivity index (χ4v) is 2.25. The summed E-state index contributed by atoms with van der Waals surface area (Å²) in [6.45, 7) is 0.610. The molecule has 0 saturated carbocycles. The quantitative estimate of drug-likeness (QED) is 0.640. The van der Waals surface area contributed by atoms with Crippen molar-refractivity contribution in [1.82, 2.24) is 0 Å². The zero-order valence-electron chi connectivity index (χ0n) is 13.7.